The highest BCUT2D eigenvalue weighted by Crippen LogP contribution is 2.30. The predicted molar refractivity (Wildman–Crippen MR) is 113 cm³/mol. The molecule has 1 aliphatic carbocycles. The summed E-state index contributed by atoms with van der Waals surface area (Å²) in [6.45, 7) is 3.02. The number of aliphatic hydroxyl groups is 1. The number of nitrogens with zero attached hydrogens (tertiary/aromatic N) is 3. The summed E-state index contributed by atoms with van der Waals surface area (Å²) in [6, 6.07) is 10.7. The van der Waals surface area contributed by atoms with Crippen LogP contribution in [-0.2, 0) is 6.42 Å². The number of nitrogens with one attached hydrogen (secondary N) is 1. The number of hydrogen-bond acceptors (Lipinski definition) is 5. The summed E-state index contributed by atoms with van der Waals surface area (Å²) in [5.41, 5.74) is 3.68. The Morgan fingerprint density at radius 1 is 1.14 bits per heavy atom. The topological polar surface area (TPSA) is 61.3 Å². The van der Waals surface area contributed by atoms with Crippen molar-refractivity contribution in [3.05, 3.63) is 59.4 Å². The Hall–Kier alpha value is -2.24. The molecule has 0 bridgehead atoms. The van der Waals surface area contributed by atoms with E-state index >= 15 is 0 Å². The Bertz CT molecular complexity index is 784. The molecule has 0 saturated carbocycles. The third-order valence-corrected chi connectivity index (χ3v) is 5.92. The van der Waals surface area contributed by atoms with E-state index in [4.69, 9.17) is 4.98 Å². The van der Waals surface area contributed by atoms with Crippen LogP contribution in [0.15, 0.2) is 42.6 Å². The quantitative estimate of drug-likeness (QED) is 0.807. The van der Waals surface area contributed by atoms with Gasteiger partial charge in [-0.1, -0.05) is 42.5 Å². The number of piperidine rings is 1. The van der Waals surface area contributed by atoms with Crippen molar-refractivity contribution in [2.75, 3.05) is 31.1 Å². The van der Waals surface area contributed by atoms with E-state index in [1.807, 2.05) is 12.3 Å². The molecule has 2 aliphatic rings. The second-order valence-corrected chi connectivity index (χ2v) is 7.85. The van der Waals surface area contributed by atoms with Gasteiger partial charge in [-0.2, -0.15) is 0 Å². The van der Waals surface area contributed by atoms with E-state index in [2.05, 4.69) is 51.6 Å². The Labute approximate surface area is 167 Å². The van der Waals surface area contributed by atoms with E-state index in [1.165, 1.54) is 16.8 Å². The maximum atomic E-state index is 9.33. The van der Waals surface area contributed by atoms with Crippen molar-refractivity contribution in [2.45, 2.75) is 38.1 Å². The minimum Gasteiger partial charge on any atom is -0.396 e. The Balaban J connectivity index is 1.37. The van der Waals surface area contributed by atoms with Crippen LogP contribution in [0.4, 0.5) is 5.95 Å². The molecule has 1 aromatic heterocycles. The molecule has 1 atom stereocenters. The van der Waals surface area contributed by atoms with Crippen LogP contribution in [0, 0.1) is 5.92 Å². The lowest BCUT2D eigenvalue weighted by molar-refractivity contribution is 0.202. The number of hydrogen-bond donors (Lipinski definition) is 2. The van der Waals surface area contributed by atoms with Crippen LogP contribution in [-0.4, -0.2) is 41.3 Å². The summed E-state index contributed by atoms with van der Waals surface area (Å²) < 4.78 is 0. The van der Waals surface area contributed by atoms with Gasteiger partial charge >= 0.3 is 0 Å². The fraction of sp³-hybridized carbons (Fsp3) is 0.478. The molecule has 2 N–H and O–H groups in total. The molecule has 0 radical (unpaired) electrons. The van der Waals surface area contributed by atoms with Crippen molar-refractivity contribution in [2.24, 2.45) is 5.92 Å². The van der Waals surface area contributed by atoms with Crippen LogP contribution in [0.3, 0.4) is 0 Å². The highest BCUT2D eigenvalue weighted by molar-refractivity contribution is 5.48. The molecule has 0 unspecified atom stereocenters. The summed E-state index contributed by atoms with van der Waals surface area (Å²) in [6.07, 6.45) is 11.8. The Morgan fingerprint density at radius 3 is 2.75 bits per heavy atom. The lowest BCUT2D eigenvalue weighted by atomic mass is 9.92. The Kier molecular flexibility index (Phi) is 6.34. The van der Waals surface area contributed by atoms with Crippen LogP contribution in [0.2, 0.25) is 0 Å². The average Bonchev–Trinajstić information content (AvgIpc) is 2.77. The number of benzene rings is 1. The lowest BCUT2D eigenvalue weighted by Gasteiger charge is -2.32. The van der Waals surface area contributed by atoms with Crippen molar-refractivity contribution < 1.29 is 5.11 Å². The average molecular weight is 379 g/mol. The van der Waals surface area contributed by atoms with Gasteiger partial charge in [0.25, 0.3) is 0 Å². The first-order chi connectivity index (χ1) is 13.8. The first-order valence-corrected chi connectivity index (χ1v) is 10.5. The van der Waals surface area contributed by atoms with Gasteiger partial charge in [-0.3, -0.25) is 0 Å². The maximum Gasteiger partial charge on any atom is 0.225 e. The molecule has 28 heavy (non-hydrogen) atoms. The lowest BCUT2D eigenvalue weighted by Crippen LogP contribution is -2.36. The molecule has 5 nitrogen and oxygen atoms in total. The summed E-state index contributed by atoms with van der Waals surface area (Å²) in [5, 5.41) is 13.0. The molecule has 5 heteroatoms. The first kappa shape index (κ1) is 19.1. The number of aromatic nitrogens is 2. The van der Waals surface area contributed by atoms with Crippen LogP contribution in [0.1, 0.15) is 48.5 Å². The number of rotatable bonds is 6. The predicted octanol–water partition coefficient (Wildman–Crippen LogP) is 3.37. The summed E-state index contributed by atoms with van der Waals surface area (Å²) in [4.78, 5) is 11.9. The molecule has 0 spiro atoms. The van der Waals surface area contributed by atoms with E-state index in [9.17, 15) is 5.11 Å². The van der Waals surface area contributed by atoms with Crippen LogP contribution < -0.4 is 10.2 Å². The molecule has 2 aromatic rings. The fourth-order valence-electron chi connectivity index (χ4n) is 4.19. The number of anilines is 1. The van der Waals surface area contributed by atoms with Gasteiger partial charge in [-0.15, -0.1) is 0 Å². The molecule has 1 fully saturated rings. The van der Waals surface area contributed by atoms with Gasteiger partial charge in [-0.25, -0.2) is 9.97 Å². The monoisotopic (exact) mass is 378 g/mol. The fourth-order valence-corrected chi connectivity index (χ4v) is 4.19. The molecule has 0 amide bonds. The second kappa shape index (κ2) is 9.30. The zero-order chi connectivity index (χ0) is 19.2. The summed E-state index contributed by atoms with van der Waals surface area (Å²) in [5.74, 6) is 1.30. The third-order valence-electron chi connectivity index (χ3n) is 5.92. The van der Waals surface area contributed by atoms with Gasteiger partial charge < -0.3 is 15.3 Å². The van der Waals surface area contributed by atoms with Gasteiger partial charge in [0.05, 0.1) is 5.69 Å². The van der Waals surface area contributed by atoms with Crippen LogP contribution in [0.5, 0.6) is 0 Å². The largest absolute Gasteiger partial charge is 0.396 e. The van der Waals surface area contributed by atoms with Crippen molar-refractivity contribution in [3.8, 4) is 0 Å². The van der Waals surface area contributed by atoms with Gasteiger partial charge in [0.1, 0.15) is 0 Å². The SMILES string of the molecule is OCC1CCN(c2ncc3c(n2)CCC[C@H]3NC/C=C/c2ccccc2)CC1. The van der Waals surface area contributed by atoms with Gasteiger partial charge in [-0.05, 0) is 43.6 Å². The highest BCUT2D eigenvalue weighted by Gasteiger charge is 2.24. The maximum absolute atomic E-state index is 9.33. The molecule has 148 valence electrons. The highest BCUT2D eigenvalue weighted by atomic mass is 16.3. The van der Waals surface area contributed by atoms with Crippen molar-refractivity contribution in [1.82, 2.24) is 15.3 Å². The van der Waals surface area contributed by atoms with E-state index < -0.39 is 0 Å². The van der Waals surface area contributed by atoms with Crippen LogP contribution >= 0.6 is 0 Å². The summed E-state index contributed by atoms with van der Waals surface area (Å²) >= 11 is 0. The van der Waals surface area contributed by atoms with Gasteiger partial charge in [0.2, 0.25) is 5.95 Å². The standard InChI is InChI=1S/C23H30N4O/c28-17-19-11-14-27(15-12-19)23-25-16-20-21(9-4-10-22(20)26-23)24-13-5-8-18-6-2-1-3-7-18/h1-3,5-8,16,19,21,24,28H,4,9-15,17H2/b8-5+/t21-/m1/s1. The minimum atomic E-state index is 0.297. The molecular weight excluding hydrogens is 348 g/mol. The van der Waals surface area contributed by atoms with Crippen molar-refractivity contribution >= 4 is 12.0 Å². The van der Waals surface area contributed by atoms with E-state index in [0.29, 0.717) is 18.6 Å². The zero-order valence-corrected chi connectivity index (χ0v) is 16.4. The molecule has 1 saturated heterocycles. The molecule has 1 aliphatic heterocycles. The second-order valence-electron chi connectivity index (χ2n) is 7.85. The summed E-state index contributed by atoms with van der Waals surface area (Å²) in [7, 11) is 0. The van der Waals surface area contributed by atoms with Crippen LogP contribution in [0.25, 0.3) is 6.08 Å². The van der Waals surface area contributed by atoms with Gasteiger partial charge in [0, 0.05) is 44.0 Å². The van der Waals surface area contributed by atoms with Crippen molar-refractivity contribution in [1.29, 1.82) is 0 Å². The minimum absolute atomic E-state index is 0.297. The smallest absolute Gasteiger partial charge is 0.225 e. The van der Waals surface area contributed by atoms with Crippen molar-refractivity contribution in [3.63, 3.8) is 0 Å². The molecular formula is C23H30N4O. The number of fused-ring (bicyclic) bond motifs is 1. The Morgan fingerprint density at radius 2 is 1.96 bits per heavy atom. The zero-order valence-electron chi connectivity index (χ0n) is 16.4. The van der Waals surface area contributed by atoms with E-state index in [1.54, 1.807) is 0 Å². The third kappa shape index (κ3) is 4.59. The van der Waals surface area contributed by atoms with E-state index in [0.717, 1.165) is 57.7 Å². The van der Waals surface area contributed by atoms with E-state index in [-0.39, 0.29) is 0 Å². The van der Waals surface area contributed by atoms with Gasteiger partial charge in [0.15, 0.2) is 0 Å². The first-order valence-electron chi connectivity index (χ1n) is 10.5. The number of aryl methyl sites for hydroxylation is 1. The normalized spacial score (nSPS) is 20.5. The molecule has 2 heterocycles. The number of aliphatic hydroxyl groups excluding tert-OH is 1. The molecule has 1 aromatic carbocycles. The molecule has 4 rings (SSSR count).